The maximum Gasteiger partial charge on any atom is 0.243 e. The van der Waals surface area contributed by atoms with Crippen molar-refractivity contribution < 1.29 is 17.6 Å². The number of anilines is 1. The van der Waals surface area contributed by atoms with Crippen LogP contribution in [0.4, 0.5) is 10.1 Å². The Morgan fingerprint density at radius 2 is 1.90 bits per heavy atom. The van der Waals surface area contributed by atoms with Gasteiger partial charge < -0.3 is 5.32 Å². The van der Waals surface area contributed by atoms with Crippen molar-refractivity contribution in [2.24, 2.45) is 0 Å². The van der Waals surface area contributed by atoms with Crippen LogP contribution in [0.1, 0.15) is 19.8 Å². The zero-order chi connectivity index (χ0) is 14.9. The fourth-order valence-corrected chi connectivity index (χ4v) is 3.12. The summed E-state index contributed by atoms with van der Waals surface area (Å²) in [6.45, 7) is 1.52. The molecule has 0 saturated heterocycles. The molecule has 0 aliphatic heterocycles. The van der Waals surface area contributed by atoms with Crippen LogP contribution in [0.3, 0.4) is 0 Å². The Balaban J connectivity index is 2.27. The van der Waals surface area contributed by atoms with Gasteiger partial charge in [-0.3, -0.25) is 9.10 Å². The van der Waals surface area contributed by atoms with E-state index < -0.39 is 21.9 Å². The first-order valence-electron chi connectivity index (χ1n) is 6.34. The predicted molar refractivity (Wildman–Crippen MR) is 74.3 cm³/mol. The molecule has 2 rings (SSSR count). The van der Waals surface area contributed by atoms with Gasteiger partial charge in [-0.15, -0.1) is 0 Å². The van der Waals surface area contributed by atoms with Crippen molar-refractivity contribution in [2.45, 2.75) is 31.8 Å². The zero-order valence-electron chi connectivity index (χ0n) is 11.3. The number of nitrogens with zero attached hydrogens (tertiary/aromatic N) is 1. The predicted octanol–water partition coefficient (Wildman–Crippen LogP) is 1.26. The molecule has 5 nitrogen and oxygen atoms in total. The van der Waals surface area contributed by atoms with Gasteiger partial charge in [0.05, 0.1) is 11.9 Å². The van der Waals surface area contributed by atoms with Crippen LogP contribution in [-0.4, -0.2) is 32.7 Å². The van der Waals surface area contributed by atoms with Crippen LogP contribution in [0.5, 0.6) is 0 Å². The molecule has 1 unspecified atom stereocenters. The quantitative estimate of drug-likeness (QED) is 0.890. The molecule has 1 amide bonds. The van der Waals surface area contributed by atoms with E-state index in [0.717, 1.165) is 23.4 Å². The van der Waals surface area contributed by atoms with Gasteiger partial charge in [-0.2, -0.15) is 0 Å². The summed E-state index contributed by atoms with van der Waals surface area (Å²) in [5, 5.41) is 2.77. The maximum absolute atomic E-state index is 12.9. The number of benzene rings is 1. The first-order chi connectivity index (χ1) is 9.29. The highest BCUT2D eigenvalue weighted by molar-refractivity contribution is 7.92. The van der Waals surface area contributed by atoms with Crippen LogP contribution in [0.15, 0.2) is 24.3 Å². The van der Waals surface area contributed by atoms with Crippen molar-refractivity contribution in [2.75, 3.05) is 10.6 Å². The Labute approximate surface area is 117 Å². The van der Waals surface area contributed by atoms with E-state index in [-0.39, 0.29) is 17.6 Å². The molecule has 1 aromatic carbocycles. The van der Waals surface area contributed by atoms with E-state index in [9.17, 15) is 17.6 Å². The Morgan fingerprint density at radius 3 is 2.35 bits per heavy atom. The van der Waals surface area contributed by atoms with Crippen molar-refractivity contribution in [3.8, 4) is 0 Å². The third-order valence-corrected chi connectivity index (χ3v) is 4.33. The van der Waals surface area contributed by atoms with Crippen molar-refractivity contribution >= 4 is 21.6 Å². The van der Waals surface area contributed by atoms with E-state index in [1.807, 2.05) is 0 Å². The standard InChI is InChI=1S/C13H17FN2O3S/c1-9(13(17)15-11-5-6-11)16(20(2,18)19)12-7-3-10(14)4-8-12/h3-4,7-9,11H,5-6H2,1-2H3,(H,15,17). The van der Waals surface area contributed by atoms with E-state index in [0.29, 0.717) is 0 Å². The number of nitrogens with one attached hydrogen (secondary N) is 1. The van der Waals surface area contributed by atoms with Crippen molar-refractivity contribution in [1.82, 2.24) is 5.32 Å². The second kappa shape index (κ2) is 5.40. The maximum atomic E-state index is 12.9. The highest BCUT2D eigenvalue weighted by Gasteiger charge is 2.32. The van der Waals surface area contributed by atoms with Crippen molar-refractivity contribution in [3.63, 3.8) is 0 Å². The lowest BCUT2D eigenvalue weighted by atomic mass is 10.2. The average Bonchev–Trinajstić information content (AvgIpc) is 3.14. The molecular formula is C13H17FN2O3S. The molecule has 1 aromatic rings. The van der Waals surface area contributed by atoms with Gasteiger partial charge in [-0.25, -0.2) is 12.8 Å². The molecular weight excluding hydrogens is 283 g/mol. The van der Waals surface area contributed by atoms with Crippen LogP contribution >= 0.6 is 0 Å². The lowest BCUT2D eigenvalue weighted by molar-refractivity contribution is -0.121. The molecule has 7 heteroatoms. The number of hydrogen-bond acceptors (Lipinski definition) is 3. The Morgan fingerprint density at radius 1 is 1.35 bits per heavy atom. The summed E-state index contributed by atoms with van der Waals surface area (Å²) < 4.78 is 37.8. The van der Waals surface area contributed by atoms with Gasteiger partial charge in [0.1, 0.15) is 11.9 Å². The molecule has 110 valence electrons. The van der Waals surface area contributed by atoms with E-state index in [2.05, 4.69) is 5.32 Å². The second-order valence-electron chi connectivity index (χ2n) is 4.99. The number of hydrogen-bond donors (Lipinski definition) is 1. The monoisotopic (exact) mass is 300 g/mol. The van der Waals surface area contributed by atoms with Gasteiger partial charge in [0.15, 0.2) is 0 Å². The molecule has 1 fully saturated rings. The number of amides is 1. The van der Waals surface area contributed by atoms with Crippen LogP contribution < -0.4 is 9.62 Å². The Bertz CT molecular complexity index is 597. The van der Waals surface area contributed by atoms with Gasteiger partial charge in [0.25, 0.3) is 0 Å². The minimum Gasteiger partial charge on any atom is -0.352 e. The lowest BCUT2D eigenvalue weighted by Crippen LogP contribution is -2.48. The summed E-state index contributed by atoms with van der Waals surface area (Å²) in [6, 6.07) is 4.29. The third kappa shape index (κ3) is 3.47. The molecule has 0 bridgehead atoms. The summed E-state index contributed by atoms with van der Waals surface area (Å²) in [7, 11) is -3.64. The number of carbonyl (C=O) groups excluding carboxylic acids is 1. The van der Waals surface area contributed by atoms with Crippen LogP contribution in [0.25, 0.3) is 0 Å². The largest absolute Gasteiger partial charge is 0.352 e. The molecule has 20 heavy (non-hydrogen) atoms. The zero-order valence-corrected chi connectivity index (χ0v) is 12.2. The fraction of sp³-hybridized carbons (Fsp3) is 0.462. The molecule has 0 spiro atoms. The van der Waals surface area contributed by atoms with E-state index in [1.54, 1.807) is 0 Å². The fourth-order valence-electron chi connectivity index (χ4n) is 1.95. The van der Waals surface area contributed by atoms with Gasteiger partial charge in [-0.05, 0) is 44.0 Å². The smallest absolute Gasteiger partial charge is 0.243 e. The molecule has 1 atom stereocenters. The minimum atomic E-state index is -3.64. The summed E-state index contributed by atoms with van der Waals surface area (Å²) in [5.74, 6) is -0.806. The molecule has 1 N–H and O–H groups in total. The van der Waals surface area contributed by atoms with Crippen LogP contribution in [-0.2, 0) is 14.8 Å². The van der Waals surface area contributed by atoms with E-state index >= 15 is 0 Å². The summed E-state index contributed by atoms with van der Waals surface area (Å²) in [5.41, 5.74) is 0.271. The summed E-state index contributed by atoms with van der Waals surface area (Å²) in [6.07, 6.45) is 2.87. The number of sulfonamides is 1. The van der Waals surface area contributed by atoms with Crippen LogP contribution in [0.2, 0.25) is 0 Å². The number of rotatable bonds is 5. The molecule has 0 radical (unpaired) electrons. The Hall–Kier alpha value is -1.63. The Kier molecular flexibility index (Phi) is 3.99. The lowest BCUT2D eigenvalue weighted by Gasteiger charge is -2.28. The topological polar surface area (TPSA) is 66.5 Å². The SMILES string of the molecule is CC(C(=O)NC1CC1)N(c1ccc(F)cc1)S(C)(=O)=O. The highest BCUT2D eigenvalue weighted by Crippen LogP contribution is 2.23. The van der Waals surface area contributed by atoms with E-state index in [1.165, 1.54) is 31.2 Å². The number of carbonyl (C=O) groups is 1. The molecule has 1 saturated carbocycles. The van der Waals surface area contributed by atoms with Gasteiger partial charge in [0.2, 0.25) is 15.9 Å². The minimum absolute atomic E-state index is 0.152. The first kappa shape index (κ1) is 14.8. The van der Waals surface area contributed by atoms with Gasteiger partial charge >= 0.3 is 0 Å². The summed E-state index contributed by atoms with van der Waals surface area (Å²) >= 11 is 0. The number of halogens is 1. The highest BCUT2D eigenvalue weighted by atomic mass is 32.2. The summed E-state index contributed by atoms with van der Waals surface area (Å²) in [4.78, 5) is 12.0. The van der Waals surface area contributed by atoms with Crippen LogP contribution in [0, 0.1) is 5.82 Å². The first-order valence-corrected chi connectivity index (χ1v) is 8.19. The van der Waals surface area contributed by atoms with Gasteiger partial charge in [-0.1, -0.05) is 0 Å². The average molecular weight is 300 g/mol. The van der Waals surface area contributed by atoms with Crippen molar-refractivity contribution in [1.29, 1.82) is 0 Å². The normalized spacial score (nSPS) is 16.6. The van der Waals surface area contributed by atoms with Crippen molar-refractivity contribution in [3.05, 3.63) is 30.1 Å². The second-order valence-corrected chi connectivity index (χ2v) is 6.85. The van der Waals surface area contributed by atoms with Gasteiger partial charge in [0, 0.05) is 6.04 Å². The van der Waals surface area contributed by atoms with E-state index in [4.69, 9.17) is 0 Å². The molecule has 0 aromatic heterocycles. The molecule has 1 aliphatic rings. The molecule has 0 heterocycles. The molecule has 1 aliphatic carbocycles. The third-order valence-electron chi connectivity index (χ3n) is 3.09.